The van der Waals surface area contributed by atoms with Crippen LogP contribution in [0.5, 0.6) is 0 Å². The third-order valence-electron chi connectivity index (χ3n) is 16.4. The van der Waals surface area contributed by atoms with Gasteiger partial charge in [0.1, 0.15) is 0 Å². The molecular weight excluding hydrogens is 959 g/mol. The van der Waals surface area contributed by atoms with E-state index in [9.17, 15) is 19.8 Å². The number of esters is 1. The Labute approximate surface area is 487 Å². The number of aliphatic hydroxyl groups is 2. The molecule has 0 spiro atoms. The van der Waals surface area contributed by atoms with Crippen LogP contribution in [0.15, 0.2) is 36.5 Å². The first-order valence-corrected chi connectivity index (χ1v) is 35.3. The minimum Gasteiger partial charge on any atom is -0.466 e. The Hall–Kier alpha value is -1.92. The Kier molecular flexibility index (Phi) is 65.9. The number of rotatable bonds is 66. The predicted molar refractivity (Wildman–Crippen MR) is 343 cm³/mol. The van der Waals surface area contributed by atoms with Crippen LogP contribution in [0.25, 0.3) is 0 Å². The number of aliphatic hydroxyl groups excluding tert-OH is 2. The fraction of sp³-hybridized carbons (Fsp3) is 0.889. The summed E-state index contributed by atoms with van der Waals surface area (Å²) in [5.41, 5.74) is 0. The van der Waals surface area contributed by atoms with Crippen molar-refractivity contribution in [3.05, 3.63) is 36.5 Å². The van der Waals surface area contributed by atoms with Crippen molar-refractivity contribution in [2.75, 3.05) is 13.2 Å². The molecule has 0 aliphatic heterocycles. The van der Waals surface area contributed by atoms with Crippen molar-refractivity contribution < 1.29 is 24.5 Å². The van der Waals surface area contributed by atoms with E-state index in [1.54, 1.807) is 6.08 Å². The van der Waals surface area contributed by atoms with Gasteiger partial charge in [-0.1, -0.05) is 346 Å². The first-order valence-electron chi connectivity index (χ1n) is 35.3. The Bertz CT molecular complexity index is 1260. The van der Waals surface area contributed by atoms with E-state index in [1.165, 1.54) is 308 Å². The number of hydrogen-bond acceptors (Lipinski definition) is 5. The zero-order valence-corrected chi connectivity index (χ0v) is 52.7. The summed E-state index contributed by atoms with van der Waals surface area (Å²) in [4.78, 5) is 24.5. The first kappa shape index (κ1) is 76.1. The van der Waals surface area contributed by atoms with E-state index in [0.717, 1.165) is 51.4 Å². The summed E-state index contributed by atoms with van der Waals surface area (Å²) in [6.45, 7) is 4.89. The van der Waals surface area contributed by atoms with Crippen LogP contribution in [0.3, 0.4) is 0 Å². The lowest BCUT2D eigenvalue weighted by atomic mass is 10.0. The molecule has 0 heterocycles. The molecule has 6 heteroatoms. The minimum atomic E-state index is -0.840. The number of carbonyl (C=O) groups excluding carboxylic acids is 2. The fourth-order valence-electron chi connectivity index (χ4n) is 11.0. The van der Waals surface area contributed by atoms with Gasteiger partial charge in [-0.05, 0) is 64.2 Å². The normalized spacial score (nSPS) is 12.7. The number of unbranched alkanes of at least 4 members (excludes halogenated alkanes) is 51. The number of carbonyl (C=O) groups is 2. The van der Waals surface area contributed by atoms with Gasteiger partial charge in [-0.15, -0.1) is 0 Å². The fourth-order valence-corrected chi connectivity index (χ4v) is 11.0. The highest BCUT2D eigenvalue weighted by atomic mass is 16.5. The second-order valence-electron chi connectivity index (χ2n) is 24.2. The van der Waals surface area contributed by atoms with Gasteiger partial charge < -0.3 is 20.3 Å². The summed E-state index contributed by atoms with van der Waals surface area (Å²) in [6, 6.07) is -0.623. The monoisotopic (exact) mass is 1100 g/mol. The maximum Gasteiger partial charge on any atom is 0.305 e. The summed E-state index contributed by atoms with van der Waals surface area (Å²) < 4.78 is 5.49. The largest absolute Gasteiger partial charge is 0.466 e. The summed E-state index contributed by atoms with van der Waals surface area (Å²) in [7, 11) is 0. The van der Waals surface area contributed by atoms with Crippen molar-refractivity contribution in [1.29, 1.82) is 0 Å². The second kappa shape index (κ2) is 67.6. The third kappa shape index (κ3) is 63.3. The first-order chi connectivity index (χ1) is 38.5. The highest BCUT2D eigenvalue weighted by Crippen LogP contribution is 2.19. The second-order valence-corrected chi connectivity index (χ2v) is 24.2. The highest BCUT2D eigenvalue weighted by Gasteiger charge is 2.18. The van der Waals surface area contributed by atoms with Gasteiger partial charge in [0.15, 0.2) is 0 Å². The average Bonchev–Trinajstić information content (AvgIpc) is 3.44. The molecule has 1 amide bonds. The third-order valence-corrected chi connectivity index (χ3v) is 16.4. The van der Waals surface area contributed by atoms with Gasteiger partial charge in [-0.3, -0.25) is 9.59 Å². The zero-order chi connectivity index (χ0) is 56.4. The molecule has 0 bridgehead atoms. The summed E-state index contributed by atoms with van der Waals surface area (Å²) in [5.74, 6) is -0.0543. The molecule has 0 unspecified atom stereocenters. The molecule has 0 fully saturated rings. The van der Waals surface area contributed by atoms with Gasteiger partial charge in [0.25, 0.3) is 0 Å². The van der Waals surface area contributed by atoms with E-state index in [-0.39, 0.29) is 18.5 Å². The highest BCUT2D eigenvalue weighted by molar-refractivity contribution is 5.76. The van der Waals surface area contributed by atoms with Crippen LogP contribution in [0.1, 0.15) is 386 Å². The van der Waals surface area contributed by atoms with E-state index in [4.69, 9.17) is 4.74 Å². The smallest absolute Gasteiger partial charge is 0.305 e. The molecule has 0 saturated carbocycles. The van der Waals surface area contributed by atoms with Gasteiger partial charge in [0.2, 0.25) is 5.91 Å². The molecule has 0 aliphatic rings. The van der Waals surface area contributed by atoms with Crippen LogP contribution >= 0.6 is 0 Å². The molecule has 2 atom stereocenters. The maximum absolute atomic E-state index is 12.5. The van der Waals surface area contributed by atoms with Crippen LogP contribution < -0.4 is 5.32 Å². The summed E-state index contributed by atoms with van der Waals surface area (Å²) in [6.07, 6.45) is 86.6. The van der Waals surface area contributed by atoms with Crippen molar-refractivity contribution >= 4 is 11.9 Å². The van der Waals surface area contributed by atoms with E-state index < -0.39 is 12.1 Å². The van der Waals surface area contributed by atoms with Crippen molar-refractivity contribution in [3.63, 3.8) is 0 Å². The van der Waals surface area contributed by atoms with Gasteiger partial charge >= 0.3 is 5.97 Å². The Morgan fingerprint density at radius 2 is 0.641 bits per heavy atom. The molecule has 460 valence electrons. The molecule has 0 aromatic heterocycles. The van der Waals surface area contributed by atoms with Crippen LogP contribution in [0, 0.1) is 0 Å². The van der Waals surface area contributed by atoms with E-state index in [2.05, 4.69) is 43.5 Å². The van der Waals surface area contributed by atoms with E-state index in [1.807, 2.05) is 6.08 Å². The van der Waals surface area contributed by atoms with Crippen LogP contribution in [-0.4, -0.2) is 47.4 Å². The Morgan fingerprint density at radius 3 is 1.00 bits per heavy atom. The van der Waals surface area contributed by atoms with E-state index in [0.29, 0.717) is 19.4 Å². The Balaban J connectivity index is 3.32. The van der Waals surface area contributed by atoms with Crippen LogP contribution in [-0.2, 0) is 14.3 Å². The molecule has 3 N–H and O–H groups in total. The number of allylic oxidation sites excluding steroid dienone is 5. The molecule has 0 aromatic carbocycles. The summed E-state index contributed by atoms with van der Waals surface area (Å²) in [5, 5.41) is 23.1. The molecule has 0 aliphatic carbocycles. The minimum absolute atomic E-state index is 0.00760. The Morgan fingerprint density at radius 1 is 0.359 bits per heavy atom. The molecule has 0 saturated heterocycles. The van der Waals surface area contributed by atoms with E-state index >= 15 is 0 Å². The van der Waals surface area contributed by atoms with Crippen molar-refractivity contribution in [2.24, 2.45) is 0 Å². The lowest BCUT2D eigenvalue weighted by molar-refractivity contribution is -0.143. The zero-order valence-electron chi connectivity index (χ0n) is 52.7. The topological polar surface area (TPSA) is 95.9 Å². The quantitative estimate of drug-likeness (QED) is 0.0320. The van der Waals surface area contributed by atoms with Gasteiger partial charge in [-0.2, -0.15) is 0 Å². The van der Waals surface area contributed by atoms with Crippen LogP contribution in [0.4, 0.5) is 0 Å². The number of hydrogen-bond donors (Lipinski definition) is 3. The van der Waals surface area contributed by atoms with Gasteiger partial charge in [0, 0.05) is 12.8 Å². The summed E-state index contributed by atoms with van der Waals surface area (Å²) >= 11 is 0. The molecule has 0 radical (unpaired) electrons. The lowest BCUT2D eigenvalue weighted by Crippen LogP contribution is -2.45. The van der Waals surface area contributed by atoms with Crippen molar-refractivity contribution in [2.45, 2.75) is 398 Å². The number of amides is 1. The SMILES string of the molecule is CCCCC/C=C\C/C=C\CCCCCCCC(=O)OCCCCCCCCCCCCCCCCCCCCCCCCCCCCCCCCCCCC(=O)N[C@@H](CO)[C@H](O)/C=C/CCCCCCCCCCCCC. The number of ether oxygens (including phenoxy) is 1. The van der Waals surface area contributed by atoms with Crippen molar-refractivity contribution in [1.82, 2.24) is 5.32 Å². The maximum atomic E-state index is 12.5. The van der Waals surface area contributed by atoms with Gasteiger partial charge in [-0.25, -0.2) is 0 Å². The number of nitrogens with one attached hydrogen (secondary N) is 1. The molecule has 6 nitrogen and oxygen atoms in total. The average molecular weight is 1100 g/mol. The lowest BCUT2D eigenvalue weighted by Gasteiger charge is -2.20. The standard InChI is InChI=1S/C72H137NO5/c1-3-5-7-9-11-13-15-17-37-42-46-50-54-58-62-66-72(77)78-67-63-59-55-51-47-43-39-36-34-32-30-28-26-24-22-20-18-19-21-23-25-27-29-31-33-35-38-41-45-49-53-57-61-65-71(76)73-69(68-74)70(75)64-60-56-52-48-44-40-16-14-12-10-8-6-4-2/h11,13,17,37,60,64,69-70,74-75H,3-10,12,14-16,18-36,38-59,61-63,65-68H2,1-2H3,(H,73,76)/b13-11-,37-17-,64-60+/t69-,70+/m0/s1. The van der Waals surface area contributed by atoms with Gasteiger partial charge in [0.05, 0.1) is 25.4 Å². The van der Waals surface area contributed by atoms with Crippen molar-refractivity contribution in [3.8, 4) is 0 Å². The molecular formula is C72H137NO5. The predicted octanol–water partition coefficient (Wildman–Crippen LogP) is 22.7. The molecule has 0 aromatic rings. The van der Waals surface area contributed by atoms with Crippen LogP contribution in [0.2, 0.25) is 0 Å². The molecule has 78 heavy (non-hydrogen) atoms. The molecule has 0 rings (SSSR count).